The Morgan fingerprint density at radius 1 is 1.14 bits per heavy atom. The maximum absolute atomic E-state index is 12.5. The van der Waals surface area contributed by atoms with Crippen LogP contribution in [0.4, 0.5) is 0 Å². The van der Waals surface area contributed by atoms with Crippen molar-refractivity contribution >= 4 is 56.7 Å². The molecule has 0 N–H and O–H groups in total. The van der Waals surface area contributed by atoms with Gasteiger partial charge in [0.15, 0.2) is 0 Å². The minimum Gasteiger partial charge on any atom is -0.294 e. The van der Waals surface area contributed by atoms with Gasteiger partial charge in [0.05, 0.1) is 23.8 Å². The number of fused-ring (bicyclic) bond motifs is 1. The third-order valence-corrected chi connectivity index (χ3v) is 4.41. The highest BCUT2D eigenvalue weighted by Gasteiger charge is 2.08. The van der Waals surface area contributed by atoms with Gasteiger partial charge in [-0.3, -0.25) is 9.36 Å². The molecule has 0 aliphatic heterocycles. The minimum absolute atomic E-state index is 0.0884. The van der Waals surface area contributed by atoms with Crippen LogP contribution < -0.4 is 5.56 Å². The molecule has 0 unspecified atom stereocenters. The molecule has 2 aromatic carbocycles. The third kappa shape index (κ3) is 3.07. The Labute approximate surface area is 144 Å². The summed E-state index contributed by atoms with van der Waals surface area (Å²) in [5.41, 5.74) is 1.39. The Hall–Kier alpha value is -1.11. The molecule has 0 fully saturated rings. The Morgan fingerprint density at radius 3 is 2.76 bits per heavy atom. The van der Waals surface area contributed by atoms with Crippen molar-refractivity contribution in [2.75, 3.05) is 0 Å². The quantitative estimate of drug-likeness (QED) is 0.566. The molecule has 0 aliphatic carbocycles. The molecule has 106 valence electrons. The zero-order chi connectivity index (χ0) is 15.0. The van der Waals surface area contributed by atoms with Gasteiger partial charge in [-0.1, -0.05) is 23.2 Å². The molecule has 3 nitrogen and oxygen atoms in total. The highest BCUT2D eigenvalue weighted by molar-refractivity contribution is 14.1. The maximum Gasteiger partial charge on any atom is 0.261 e. The van der Waals surface area contributed by atoms with Crippen LogP contribution in [-0.2, 0) is 6.54 Å². The van der Waals surface area contributed by atoms with Crippen LogP contribution in [0.3, 0.4) is 0 Å². The molecule has 0 saturated heterocycles. The molecule has 0 amide bonds. The Morgan fingerprint density at radius 2 is 1.95 bits per heavy atom. The highest BCUT2D eigenvalue weighted by Crippen LogP contribution is 2.21. The van der Waals surface area contributed by atoms with Crippen molar-refractivity contribution in [3.63, 3.8) is 0 Å². The monoisotopic (exact) mass is 430 g/mol. The lowest BCUT2D eigenvalue weighted by atomic mass is 10.2. The Balaban J connectivity index is 2.11. The molecule has 0 spiro atoms. The molecule has 3 rings (SSSR count). The molecular weight excluding hydrogens is 422 g/mol. The fraction of sp³-hybridized carbons (Fsp3) is 0.0667. The fourth-order valence-electron chi connectivity index (χ4n) is 2.09. The van der Waals surface area contributed by atoms with E-state index in [1.165, 1.54) is 10.9 Å². The Kier molecular flexibility index (Phi) is 4.19. The van der Waals surface area contributed by atoms with Gasteiger partial charge in [0, 0.05) is 13.6 Å². The maximum atomic E-state index is 12.5. The predicted octanol–water partition coefficient (Wildman–Crippen LogP) is 4.36. The van der Waals surface area contributed by atoms with Gasteiger partial charge in [-0.25, -0.2) is 4.98 Å². The fourth-order valence-corrected chi connectivity index (χ4v) is 2.96. The van der Waals surface area contributed by atoms with Gasteiger partial charge in [0.1, 0.15) is 0 Å². The van der Waals surface area contributed by atoms with E-state index in [0.29, 0.717) is 27.5 Å². The zero-order valence-corrected chi connectivity index (χ0v) is 14.4. The standard InChI is InChI=1S/C15H9Cl2IN2O/c16-10-1-3-13(17)9(5-10)7-20-8-19-14-4-2-11(18)6-12(14)15(20)21/h1-6,8H,7H2. The number of hydrogen-bond donors (Lipinski definition) is 0. The van der Waals surface area contributed by atoms with Crippen molar-refractivity contribution < 1.29 is 0 Å². The smallest absolute Gasteiger partial charge is 0.261 e. The van der Waals surface area contributed by atoms with Crippen LogP contribution in [0, 0.1) is 3.57 Å². The molecule has 1 aromatic heterocycles. The molecular formula is C15H9Cl2IN2O. The zero-order valence-electron chi connectivity index (χ0n) is 10.7. The summed E-state index contributed by atoms with van der Waals surface area (Å²) in [5.74, 6) is 0. The van der Waals surface area contributed by atoms with Gasteiger partial charge in [0.25, 0.3) is 5.56 Å². The number of aromatic nitrogens is 2. The molecule has 0 radical (unpaired) electrons. The second-order valence-electron chi connectivity index (χ2n) is 4.57. The van der Waals surface area contributed by atoms with E-state index in [9.17, 15) is 4.79 Å². The van der Waals surface area contributed by atoms with Gasteiger partial charge < -0.3 is 0 Å². The van der Waals surface area contributed by atoms with E-state index in [-0.39, 0.29) is 5.56 Å². The first-order valence-corrected chi connectivity index (χ1v) is 7.97. The second-order valence-corrected chi connectivity index (χ2v) is 6.66. The summed E-state index contributed by atoms with van der Waals surface area (Å²) in [6.45, 7) is 0.340. The summed E-state index contributed by atoms with van der Waals surface area (Å²) < 4.78 is 2.54. The van der Waals surface area contributed by atoms with Crippen LogP contribution in [0.15, 0.2) is 47.5 Å². The normalized spacial score (nSPS) is 11.0. The summed E-state index contributed by atoms with van der Waals surface area (Å²) in [5, 5.41) is 1.77. The molecule has 21 heavy (non-hydrogen) atoms. The van der Waals surface area contributed by atoms with Crippen LogP contribution in [0.1, 0.15) is 5.56 Å². The second kappa shape index (κ2) is 5.94. The van der Waals surface area contributed by atoms with Crippen molar-refractivity contribution in [3.8, 4) is 0 Å². The molecule has 6 heteroatoms. The van der Waals surface area contributed by atoms with Crippen LogP contribution in [0.25, 0.3) is 10.9 Å². The van der Waals surface area contributed by atoms with Crippen LogP contribution in [-0.4, -0.2) is 9.55 Å². The lowest BCUT2D eigenvalue weighted by Gasteiger charge is -2.09. The molecule has 0 atom stereocenters. The van der Waals surface area contributed by atoms with Gasteiger partial charge in [-0.15, -0.1) is 0 Å². The van der Waals surface area contributed by atoms with Crippen molar-refractivity contribution in [3.05, 3.63) is 72.3 Å². The number of nitrogens with zero attached hydrogens (tertiary/aromatic N) is 2. The van der Waals surface area contributed by atoms with E-state index in [1.54, 1.807) is 18.2 Å². The minimum atomic E-state index is -0.0884. The lowest BCUT2D eigenvalue weighted by Crippen LogP contribution is -2.21. The summed E-state index contributed by atoms with van der Waals surface area (Å²) in [4.78, 5) is 16.8. The van der Waals surface area contributed by atoms with Gasteiger partial charge in [-0.05, 0) is 64.6 Å². The van der Waals surface area contributed by atoms with Crippen LogP contribution in [0.2, 0.25) is 10.0 Å². The van der Waals surface area contributed by atoms with Crippen molar-refractivity contribution in [1.82, 2.24) is 9.55 Å². The number of hydrogen-bond acceptors (Lipinski definition) is 2. The summed E-state index contributed by atoms with van der Waals surface area (Å²) in [6, 6.07) is 10.8. The van der Waals surface area contributed by atoms with Gasteiger partial charge >= 0.3 is 0 Å². The van der Waals surface area contributed by atoms with E-state index in [4.69, 9.17) is 23.2 Å². The Bertz CT molecular complexity index is 892. The average Bonchev–Trinajstić information content (AvgIpc) is 2.46. The van der Waals surface area contributed by atoms with Crippen molar-refractivity contribution in [2.45, 2.75) is 6.54 Å². The topological polar surface area (TPSA) is 34.9 Å². The summed E-state index contributed by atoms with van der Waals surface area (Å²) in [6.07, 6.45) is 1.54. The third-order valence-electron chi connectivity index (χ3n) is 3.13. The van der Waals surface area contributed by atoms with Crippen molar-refractivity contribution in [2.24, 2.45) is 0 Å². The number of rotatable bonds is 2. The molecule has 0 aliphatic rings. The van der Waals surface area contributed by atoms with E-state index >= 15 is 0 Å². The first-order valence-electron chi connectivity index (χ1n) is 6.13. The first kappa shape index (κ1) is 14.8. The van der Waals surface area contributed by atoms with E-state index in [0.717, 1.165) is 9.13 Å². The van der Waals surface area contributed by atoms with E-state index in [2.05, 4.69) is 27.6 Å². The lowest BCUT2D eigenvalue weighted by molar-refractivity contribution is 0.748. The number of benzene rings is 2. The molecule has 3 aromatic rings. The predicted molar refractivity (Wildman–Crippen MR) is 94.3 cm³/mol. The SMILES string of the molecule is O=c1c2cc(I)ccc2ncn1Cc1cc(Cl)ccc1Cl. The average molecular weight is 431 g/mol. The molecule has 0 saturated carbocycles. The van der Waals surface area contributed by atoms with Crippen LogP contribution in [0.5, 0.6) is 0 Å². The van der Waals surface area contributed by atoms with Gasteiger partial charge in [0.2, 0.25) is 0 Å². The van der Waals surface area contributed by atoms with E-state index in [1.807, 2.05) is 18.2 Å². The summed E-state index contributed by atoms with van der Waals surface area (Å²) in [7, 11) is 0. The first-order chi connectivity index (χ1) is 10.0. The molecule has 0 bridgehead atoms. The largest absolute Gasteiger partial charge is 0.294 e. The highest BCUT2D eigenvalue weighted by atomic mass is 127. The summed E-state index contributed by atoms with van der Waals surface area (Å²) >= 11 is 14.3. The molecule has 1 heterocycles. The van der Waals surface area contributed by atoms with E-state index < -0.39 is 0 Å². The van der Waals surface area contributed by atoms with Crippen molar-refractivity contribution in [1.29, 1.82) is 0 Å². The van der Waals surface area contributed by atoms with Gasteiger partial charge in [-0.2, -0.15) is 0 Å². The number of halogens is 3. The van der Waals surface area contributed by atoms with Crippen LogP contribution >= 0.6 is 45.8 Å².